The summed E-state index contributed by atoms with van der Waals surface area (Å²) in [4.78, 5) is 21.9. The number of carbonyl (C=O) groups is 2. The fourth-order valence-electron chi connectivity index (χ4n) is 1.41. The summed E-state index contributed by atoms with van der Waals surface area (Å²) in [5.74, 6) is -1.91. The van der Waals surface area contributed by atoms with Crippen LogP contribution in [-0.2, 0) is 19.1 Å². The molecule has 21 heavy (non-hydrogen) atoms. The lowest BCUT2D eigenvalue weighted by atomic mass is 9.89. The fraction of sp³-hybridized carbons (Fsp3) is 0.733. The third-order valence-electron chi connectivity index (χ3n) is 2.89. The van der Waals surface area contributed by atoms with Crippen molar-refractivity contribution in [1.29, 1.82) is 0 Å². The smallest absolute Gasteiger partial charge is 0.344 e. The van der Waals surface area contributed by atoms with Gasteiger partial charge in [0.25, 0.3) is 0 Å². The van der Waals surface area contributed by atoms with Gasteiger partial charge in [-0.05, 0) is 25.7 Å². The van der Waals surface area contributed by atoms with Gasteiger partial charge in [-0.15, -0.1) is 0 Å². The van der Waals surface area contributed by atoms with E-state index in [1.165, 1.54) is 12.5 Å². The topological polar surface area (TPSA) is 93.1 Å². The SMILES string of the molecule is CC(C)(C)CC(O/C=C/OCCC(C)(C)C(=O)O)C(=O)O. The molecular weight excluding hydrogens is 276 g/mol. The lowest BCUT2D eigenvalue weighted by molar-refractivity contribution is -0.149. The second kappa shape index (κ2) is 7.90. The number of aliphatic carboxylic acids is 2. The normalized spacial score (nSPS) is 14.0. The van der Waals surface area contributed by atoms with Crippen molar-refractivity contribution in [2.45, 2.75) is 53.6 Å². The first-order chi connectivity index (χ1) is 9.46. The molecule has 0 aromatic rings. The van der Waals surface area contributed by atoms with Gasteiger partial charge in [0.1, 0.15) is 12.5 Å². The first-order valence-electron chi connectivity index (χ1n) is 6.84. The summed E-state index contributed by atoms with van der Waals surface area (Å²) in [6.07, 6.45) is 2.23. The lowest BCUT2D eigenvalue weighted by Crippen LogP contribution is -2.27. The number of ether oxygens (including phenoxy) is 2. The Kier molecular flexibility index (Phi) is 7.26. The van der Waals surface area contributed by atoms with E-state index in [0.717, 1.165) is 0 Å². The minimum Gasteiger partial charge on any atom is -0.498 e. The minimum absolute atomic E-state index is 0.163. The molecule has 0 aliphatic rings. The van der Waals surface area contributed by atoms with Crippen LogP contribution in [0, 0.1) is 10.8 Å². The predicted molar refractivity (Wildman–Crippen MR) is 77.7 cm³/mol. The second-order valence-electron chi connectivity index (χ2n) is 6.81. The molecule has 0 saturated carbocycles. The van der Waals surface area contributed by atoms with Gasteiger partial charge in [0, 0.05) is 6.42 Å². The molecule has 122 valence electrons. The molecule has 0 amide bonds. The molecule has 0 spiro atoms. The first kappa shape index (κ1) is 19.3. The summed E-state index contributed by atoms with van der Waals surface area (Å²) >= 11 is 0. The van der Waals surface area contributed by atoms with Crippen molar-refractivity contribution in [3.05, 3.63) is 12.5 Å². The van der Waals surface area contributed by atoms with Crippen molar-refractivity contribution in [3.63, 3.8) is 0 Å². The van der Waals surface area contributed by atoms with E-state index in [4.69, 9.17) is 19.7 Å². The van der Waals surface area contributed by atoms with Crippen LogP contribution < -0.4 is 0 Å². The molecule has 0 fully saturated rings. The van der Waals surface area contributed by atoms with Crippen LogP contribution in [0.4, 0.5) is 0 Å². The Bertz CT molecular complexity index is 378. The molecule has 0 aromatic carbocycles. The van der Waals surface area contributed by atoms with Gasteiger partial charge in [-0.3, -0.25) is 4.79 Å². The third kappa shape index (κ3) is 8.94. The van der Waals surface area contributed by atoms with E-state index in [2.05, 4.69) is 0 Å². The molecule has 6 heteroatoms. The van der Waals surface area contributed by atoms with Crippen molar-refractivity contribution in [1.82, 2.24) is 0 Å². The quantitative estimate of drug-likeness (QED) is 0.502. The van der Waals surface area contributed by atoms with E-state index in [-0.39, 0.29) is 12.0 Å². The number of hydrogen-bond acceptors (Lipinski definition) is 4. The van der Waals surface area contributed by atoms with Crippen molar-refractivity contribution in [3.8, 4) is 0 Å². The highest BCUT2D eigenvalue weighted by Crippen LogP contribution is 2.23. The van der Waals surface area contributed by atoms with Crippen LogP contribution in [-0.4, -0.2) is 34.9 Å². The largest absolute Gasteiger partial charge is 0.498 e. The van der Waals surface area contributed by atoms with Gasteiger partial charge in [0.05, 0.1) is 12.0 Å². The van der Waals surface area contributed by atoms with E-state index in [0.29, 0.717) is 12.8 Å². The van der Waals surface area contributed by atoms with Crippen molar-refractivity contribution in [2.75, 3.05) is 6.61 Å². The molecular formula is C15H26O6. The highest BCUT2D eigenvalue weighted by atomic mass is 16.5. The third-order valence-corrected chi connectivity index (χ3v) is 2.89. The number of carboxylic acid groups (broad SMARTS) is 2. The Morgan fingerprint density at radius 2 is 1.67 bits per heavy atom. The Labute approximate surface area is 125 Å². The Morgan fingerprint density at radius 1 is 1.10 bits per heavy atom. The van der Waals surface area contributed by atoms with E-state index in [1.807, 2.05) is 20.8 Å². The highest BCUT2D eigenvalue weighted by Gasteiger charge is 2.27. The zero-order valence-electron chi connectivity index (χ0n) is 13.4. The van der Waals surface area contributed by atoms with Crippen LogP contribution in [0.2, 0.25) is 0 Å². The lowest BCUT2D eigenvalue weighted by Gasteiger charge is -2.22. The van der Waals surface area contributed by atoms with Crippen molar-refractivity contribution in [2.24, 2.45) is 10.8 Å². The van der Waals surface area contributed by atoms with Gasteiger partial charge >= 0.3 is 11.9 Å². The molecule has 0 aliphatic carbocycles. The highest BCUT2D eigenvalue weighted by molar-refractivity contribution is 5.73. The number of hydrogen-bond donors (Lipinski definition) is 2. The Morgan fingerprint density at radius 3 is 2.10 bits per heavy atom. The molecule has 0 heterocycles. The van der Waals surface area contributed by atoms with E-state index in [9.17, 15) is 9.59 Å². The van der Waals surface area contributed by atoms with E-state index >= 15 is 0 Å². The van der Waals surface area contributed by atoms with Gasteiger partial charge in [-0.25, -0.2) is 4.79 Å². The van der Waals surface area contributed by atoms with Gasteiger partial charge in [0.15, 0.2) is 6.10 Å². The second-order valence-corrected chi connectivity index (χ2v) is 6.81. The Hall–Kier alpha value is -1.72. The van der Waals surface area contributed by atoms with Crippen molar-refractivity contribution >= 4 is 11.9 Å². The van der Waals surface area contributed by atoms with Crippen LogP contribution >= 0.6 is 0 Å². The molecule has 2 N–H and O–H groups in total. The van der Waals surface area contributed by atoms with Gasteiger partial charge in [-0.1, -0.05) is 20.8 Å². The maximum atomic E-state index is 11.0. The maximum Gasteiger partial charge on any atom is 0.344 e. The molecule has 0 aliphatic heterocycles. The molecule has 0 radical (unpaired) electrons. The van der Waals surface area contributed by atoms with Crippen LogP contribution in [0.1, 0.15) is 47.5 Å². The summed E-state index contributed by atoms with van der Waals surface area (Å²) < 4.78 is 10.3. The minimum atomic E-state index is -1.03. The standard InChI is InChI=1S/C15H26O6/c1-14(2,3)10-11(12(16)17)21-9-8-20-7-6-15(4,5)13(18)19/h8-9,11H,6-7,10H2,1-5H3,(H,16,17)(H,18,19)/b9-8+. The van der Waals surface area contributed by atoms with Crippen LogP contribution in [0.5, 0.6) is 0 Å². The summed E-state index contributed by atoms with van der Waals surface area (Å²) in [6, 6.07) is 0. The molecule has 0 bridgehead atoms. The summed E-state index contributed by atoms with van der Waals surface area (Å²) in [5, 5.41) is 18.0. The molecule has 1 unspecified atom stereocenters. The average Bonchev–Trinajstić information content (AvgIpc) is 2.29. The molecule has 0 rings (SSSR count). The molecule has 1 atom stereocenters. The zero-order chi connectivity index (χ0) is 16.7. The van der Waals surface area contributed by atoms with Crippen LogP contribution in [0.3, 0.4) is 0 Å². The van der Waals surface area contributed by atoms with Crippen molar-refractivity contribution < 1.29 is 29.3 Å². The molecule has 0 aromatic heterocycles. The predicted octanol–water partition coefficient (Wildman–Crippen LogP) is 2.88. The maximum absolute atomic E-state index is 11.0. The van der Waals surface area contributed by atoms with E-state index < -0.39 is 23.5 Å². The number of rotatable bonds is 9. The summed E-state index contributed by atoms with van der Waals surface area (Å²) in [6.45, 7) is 9.24. The first-order valence-corrected chi connectivity index (χ1v) is 6.84. The molecule has 6 nitrogen and oxygen atoms in total. The van der Waals surface area contributed by atoms with Gasteiger partial charge in [-0.2, -0.15) is 0 Å². The fourth-order valence-corrected chi connectivity index (χ4v) is 1.41. The zero-order valence-corrected chi connectivity index (χ0v) is 13.4. The Balaban J connectivity index is 4.14. The van der Waals surface area contributed by atoms with Gasteiger partial charge < -0.3 is 19.7 Å². The van der Waals surface area contributed by atoms with E-state index in [1.54, 1.807) is 13.8 Å². The summed E-state index contributed by atoms with van der Waals surface area (Å²) in [7, 11) is 0. The van der Waals surface area contributed by atoms with Crippen LogP contribution in [0.15, 0.2) is 12.5 Å². The number of carboxylic acids is 2. The average molecular weight is 302 g/mol. The summed E-state index contributed by atoms with van der Waals surface area (Å²) in [5.41, 5.74) is -1.02. The van der Waals surface area contributed by atoms with Gasteiger partial charge in [0.2, 0.25) is 0 Å². The van der Waals surface area contributed by atoms with Crippen LogP contribution in [0.25, 0.3) is 0 Å². The molecule has 0 saturated heterocycles. The monoisotopic (exact) mass is 302 g/mol.